The maximum absolute atomic E-state index is 11.9. The van der Waals surface area contributed by atoms with Gasteiger partial charge in [0.2, 0.25) is 5.91 Å². The Morgan fingerprint density at radius 2 is 1.94 bits per heavy atom. The lowest BCUT2D eigenvalue weighted by atomic mass is 10.1. The van der Waals surface area contributed by atoms with E-state index in [1.54, 1.807) is 24.0 Å². The lowest BCUT2D eigenvalue weighted by molar-refractivity contribution is -0.111. The highest BCUT2D eigenvalue weighted by molar-refractivity contribution is 6.38. The Morgan fingerprint density at radius 3 is 2.58 bits per heavy atom. The van der Waals surface area contributed by atoms with Crippen LogP contribution in [0.5, 0.6) is 11.5 Å². The summed E-state index contributed by atoms with van der Waals surface area (Å²) in [5.74, 6) is 0.741. The Morgan fingerprint density at radius 1 is 1.25 bits per heavy atom. The number of furan rings is 1. The molecule has 0 radical (unpaired) electrons. The van der Waals surface area contributed by atoms with Gasteiger partial charge in [-0.1, -0.05) is 34.8 Å². The van der Waals surface area contributed by atoms with Gasteiger partial charge in [0.05, 0.1) is 48.3 Å². The second-order valence-electron chi connectivity index (χ2n) is 7.53. The van der Waals surface area contributed by atoms with Crippen LogP contribution in [-0.2, 0) is 18.3 Å². The molecule has 3 heterocycles. The fourth-order valence-electron chi connectivity index (χ4n) is 3.55. The van der Waals surface area contributed by atoms with Crippen molar-refractivity contribution in [2.24, 2.45) is 7.05 Å². The lowest BCUT2D eigenvalue weighted by Gasteiger charge is -2.17. The normalized spacial score (nSPS) is 12.3. The summed E-state index contributed by atoms with van der Waals surface area (Å²) < 4.78 is 17.9. The number of rotatable bonds is 8. The molecule has 1 unspecified atom stereocenters. The van der Waals surface area contributed by atoms with E-state index in [1.165, 1.54) is 32.6 Å². The van der Waals surface area contributed by atoms with Crippen LogP contribution in [0.15, 0.2) is 40.6 Å². The highest BCUT2D eigenvalue weighted by Crippen LogP contribution is 2.45. The van der Waals surface area contributed by atoms with E-state index in [2.05, 4.69) is 20.4 Å². The van der Waals surface area contributed by atoms with Crippen molar-refractivity contribution in [2.75, 3.05) is 19.5 Å². The van der Waals surface area contributed by atoms with Crippen molar-refractivity contribution >= 4 is 57.5 Å². The fourth-order valence-corrected chi connectivity index (χ4v) is 4.38. The van der Waals surface area contributed by atoms with Gasteiger partial charge in [-0.25, -0.2) is 9.97 Å². The van der Waals surface area contributed by atoms with Gasteiger partial charge in [-0.05, 0) is 0 Å². The number of anilines is 1. The summed E-state index contributed by atoms with van der Waals surface area (Å²) in [7, 11) is 4.61. The van der Waals surface area contributed by atoms with E-state index in [9.17, 15) is 9.90 Å². The van der Waals surface area contributed by atoms with Gasteiger partial charge in [-0.3, -0.25) is 9.48 Å². The van der Waals surface area contributed by atoms with Crippen LogP contribution < -0.4 is 14.8 Å². The van der Waals surface area contributed by atoms with Crippen molar-refractivity contribution in [3.8, 4) is 11.5 Å². The molecule has 13 heteroatoms. The number of halogens is 3. The highest BCUT2D eigenvalue weighted by atomic mass is 35.5. The molecule has 1 amide bonds. The number of carbonyl (C=O) groups excluding carboxylic acids is 1. The monoisotopic (exact) mass is 551 g/mol. The molecule has 4 aromatic rings. The first-order valence-electron chi connectivity index (χ1n) is 10.4. The largest absolute Gasteiger partial charge is 0.495 e. The van der Waals surface area contributed by atoms with Gasteiger partial charge in [0.1, 0.15) is 34.7 Å². The first-order chi connectivity index (χ1) is 17.2. The molecular weight excluding hydrogens is 533 g/mol. The molecule has 188 valence electrons. The molecule has 0 aliphatic rings. The molecule has 0 spiro atoms. The standard InChI is InChI=1S/C23H20Cl3N5O5/c1-31-10-13(29-19(32)4-5-24)11(30-31)7-18-27-9-17-12(28-18)6-16(36-17)23(33)20-21(25)14(34-2)8-15(35-3)22(20)26/h4-6,8-10,23,33H,7H2,1-3H3,(H,29,32). The zero-order chi connectivity index (χ0) is 26.0. The van der Waals surface area contributed by atoms with Crippen LogP contribution in [0.3, 0.4) is 0 Å². The molecule has 3 aromatic heterocycles. The summed E-state index contributed by atoms with van der Waals surface area (Å²) in [6.45, 7) is 0. The maximum atomic E-state index is 11.9. The number of aryl methyl sites for hydroxylation is 1. The molecule has 10 nitrogen and oxygen atoms in total. The fraction of sp³-hybridized carbons (Fsp3) is 0.217. The van der Waals surface area contributed by atoms with E-state index >= 15 is 0 Å². The molecule has 2 N–H and O–H groups in total. The summed E-state index contributed by atoms with van der Waals surface area (Å²) >= 11 is 18.3. The third kappa shape index (κ3) is 5.12. The number of methoxy groups -OCH3 is 2. The Kier molecular flexibility index (Phi) is 7.70. The van der Waals surface area contributed by atoms with E-state index in [-0.39, 0.29) is 39.3 Å². The van der Waals surface area contributed by atoms with E-state index in [4.69, 9.17) is 48.7 Å². The number of fused-ring (bicyclic) bond motifs is 1. The van der Waals surface area contributed by atoms with E-state index in [0.29, 0.717) is 28.3 Å². The summed E-state index contributed by atoms with van der Waals surface area (Å²) in [6, 6.07) is 3.09. The molecule has 36 heavy (non-hydrogen) atoms. The zero-order valence-corrected chi connectivity index (χ0v) is 21.5. The predicted molar refractivity (Wildman–Crippen MR) is 135 cm³/mol. The van der Waals surface area contributed by atoms with Gasteiger partial charge in [-0.2, -0.15) is 5.10 Å². The molecule has 0 fully saturated rings. The highest BCUT2D eigenvalue weighted by Gasteiger charge is 2.27. The van der Waals surface area contributed by atoms with E-state index < -0.39 is 12.0 Å². The molecule has 1 aromatic carbocycles. The van der Waals surface area contributed by atoms with Gasteiger partial charge in [0, 0.05) is 42.6 Å². The zero-order valence-electron chi connectivity index (χ0n) is 19.3. The number of hydrogen-bond donors (Lipinski definition) is 2. The lowest BCUT2D eigenvalue weighted by Crippen LogP contribution is -2.09. The van der Waals surface area contributed by atoms with Crippen LogP contribution in [0, 0.1) is 0 Å². The Hall–Kier alpha value is -3.31. The average molecular weight is 553 g/mol. The van der Waals surface area contributed by atoms with Gasteiger partial charge in [0.25, 0.3) is 0 Å². The number of aliphatic hydroxyl groups excluding tert-OH is 1. The quantitative estimate of drug-likeness (QED) is 0.303. The summed E-state index contributed by atoms with van der Waals surface area (Å²) in [5.41, 5.74) is 3.13. The SMILES string of the molecule is COc1cc(OC)c(Cl)c(C(O)c2cc3nc(Cc4nn(C)cc4NC(=O)C=CCl)ncc3o2)c1Cl. The van der Waals surface area contributed by atoms with Crippen molar-refractivity contribution in [1.29, 1.82) is 0 Å². The topological polar surface area (TPSA) is 125 Å². The third-order valence-electron chi connectivity index (χ3n) is 5.19. The van der Waals surface area contributed by atoms with Crippen LogP contribution in [0.25, 0.3) is 11.1 Å². The van der Waals surface area contributed by atoms with Crippen LogP contribution in [0.2, 0.25) is 10.0 Å². The second kappa shape index (κ2) is 10.8. The Bertz CT molecular complexity index is 1440. The van der Waals surface area contributed by atoms with E-state index in [1.807, 2.05) is 0 Å². The first kappa shape index (κ1) is 25.8. The van der Waals surface area contributed by atoms with Crippen LogP contribution >= 0.6 is 34.8 Å². The average Bonchev–Trinajstić information content (AvgIpc) is 3.42. The molecule has 0 aliphatic carbocycles. The number of aromatic nitrogens is 4. The molecule has 0 saturated heterocycles. The number of hydrogen-bond acceptors (Lipinski definition) is 8. The molecule has 0 saturated carbocycles. The van der Waals surface area contributed by atoms with Crippen molar-refractivity contribution < 1.29 is 23.8 Å². The molecular formula is C23H20Cl3N5O5. The Labute approximate surface area is 220 Å². The van der Waals surface area contributed by atoms with Crippen molar-refractivity contribution in [3.63, 3.8) is 0 Å². The van der Waals surface area contributed by atoms with Gasteiger partial charge < -0.3 is 24.3 Å². The first-order valence-corrected chi connectivity index (χ1v) is 11.6. The number of nitrogens with one attached hydrogen (secondary N) is 1. The van der Waals surface area contributed by atoms with Crippen LogP contribution in [0.1, 0.15) is 28.9 Å². The summed E-state index contributed by atoms with van der Waals surface area (Å²) in [4.78, 5) is 20.7. The van der Waals surface area contributed by atoms with Gasteiger partial charge in [0.15, 0.2) is 5.58 Å². The number of amides is 1. The minimum Gasteiger partial charge on any atom is -0.495 e. The van der Waals surface area contributed by atoms with Crippen LogP contribution in [0.4, 0.5) is 5.69 Å². The smallest absolute Gasteiger partial charge is 0.249 e. The van der Waals surface area contributed by atoms with Crippen molar-refractivity contribution in [1.82, 2.24) is 19.7 Å². The number of carbonyl (C=O) groups is 1. The minimum absolute atomic E-state index is 0.122. The third-order valence-corrected chi connectivity index (χ3v) is 6.10. The van der Waals surface area contributed by atoms with Crippen molar-refractivity contribution in [2.45, 2.75) is 12.5 Å². The Balaban J connectivity index is 1.65. The van der Waals surface area contributed by atoms with Gasteiger partial charge in [-0.15, -0.1) is 0 Å². The second-order valence-corrected chi connectivity index (χ2v) is 8.54. The number of aliphatic hydroxyl groups is 1. The number of benzene rings is 1. The predicted octanol–water partition coefficient (Wildman–Crippen LogP) is 4.64. The maximum Gasteiger partial charge on any atom is 0.249 e. The van der Waals surface area contributed by atoms with Gasteiger partial charge >= 0.3 is 0 Å². The van der Waals surface area contributed by atoms with E-state index in [0.717, 1.165) is 5.54 Å². The summed E-state index contributed by atoms with van der Waals surface area (Å²) in [6.07, 6.45) is 3.23. The molecule has 4 rings (SSSR count). The molecule has 1 atom stereocenters. The summed E-state index contributed by atoms with van der Waals surface area (Å²) in [5, 5.41) is 18.4. The number of ether oxygens (including phenoxy) is 2. The van der Waals surface area contributed by atoms with Crippen molar-refractivity contribution in [3.05, 3.63) is 69.0 Å². The number of nitrogens with zero attached hydrogens (tertiary/aromatic N) is 4. The minimum atomic E-state index is -1.33. The molecule has 0 aliphatic heterocycles. The van der Waals surface area contributed by atoms with Crippen LogP contribution in [-0.4, -0.2) is 45.0 Å². The molecule has 0 bridgehead atoms.